The minimum atomic E-state index is 0.797. The summed E-state index contributed by atoms with van der Waals surface area (Å²) in [6, 6.07) is 25.6. The second-order valence-electron chi connectivity index (χ2n) is 7.29. The number of nitrogens with zero attached hydrogens (tertiary/aromatic N) is 3. The molecule has 2 heterocycles. The zero-order valence-corrected chi connectivity index (χ0v) is 16.3. The van der Waals surface area contributed by atoms with E-state index in [4.69, 9.17) is 0 Å². The maximum Gasteiger partial charge on any atom is 0.0541 e. The summed E-state index contributed by atoms with van der Waals surface area (Å²) in [5, 5.41) is 3.53. The highest BCUT2D eigenvalue weighted by Crippen LogP contribution is 2.18. The summed E-state index contributed by atoms with van der Waals surface area (Å²) in [4.78, 5) is 9.43. The van der Waals surface area contributed by atoms with Crippen LogP contribution in [0.4, 0.5) is 5.69 Å². The Labute approximate surface area is 167 Å². The number of aromatic nitrogens is 1. The monoisotopic (exact) mass is 372 g/mol. The van der Waals surface area contributed by atoms with Crippen molar-refractivity contribution in [2.24, 2.45) is 0 Å². The van der Waals surface area contributed by atoms with Crippen LogP contribution >= 0.6 is 0 Å². The number of para-hydroxylation sites is 1. The first-order valence-corrected chi connectivity index (χ1v) is 10.1. The summed E-state index contributed by atoms with van der Waals surface area (Å²) < 4.78 is 0. The van der Waals surface area contributed by atoms with Crippen LogP contribution in [-0.4, -0.2) is 36.1 Å². The molecule has 0 atom stereocenters. The predicted octanol–water partition coefficient (Wildman–Crippen LogP) is 3.69. The highest BCUT2D eigenvalue weighted by Gasteiger charge is 2.18. The molecule has 144 valence electrons. The Morgan fingerprint density at radius 1 is 0.714 bits per heavy atom. The van der Waals surface area contributed by atoms with Gasteiger partial charge < -0.3 is 10.2 Å². The SMILES string of the molecule is c1ccc(N2CCN(Cc3ccccc3CNCc3ccccn3)CC2)cc1. The molecule has 1 aliphatic heterocycles. The molecule has 0 bridgehead atoms. The van der Waals surface area contributed by atoms with Crippen molar-refractivity contribution in [3.8, 4) is 0 Å². The number of hydrogen-bond donors (Lipinski definition) is 1. The van der Waals surface area contributed by atoms with Crippen LogP contribution in [0.5, 0.6) is 0 Å². The van der Waals surface area contributed by atoms with Gasteiger partial charge in [-0.2, -0.15) is 0 Å². The molecule has 0 amide bonds. The van der Waals surface area contributed by atoms with Gasteiger partial charge in [-0.1, -0.05) is 48.5 Å². The third kappa shape index (κ3) is 4.97. The van der Waals surface area contributed by atoms with Crippen LogP contribution in [0.15, 0.2) is 79.0 Å². The van der Waals surface area contributed by atoms with E-state index in [0.717, 1.165) is 51.5 Å². The lowest BCUT2D eigenvalue weighted by Crippen LogP contribution is -2.46. The van der Waals surface area contributed by atoms with E-state index >= 15 is 0 Å². The smallest absolute Gasteiger partial charge is 0.0541 e. The molecule has 0 spiro atoms. The van der Waals surface area contributed by atoms with E-state index in [-0.39, 0.29) is 0 Å². The second-order valence-corrected chi connectivity index (χ2v) is 7.29. The van der Waals surface area contributed by atoms with Crippen molar-refractivity contribution in [3.63, 3.8) is 0 Å². The Kier molecular flexibility index (Phi) is 6.32. The van der Waals surface area contributed by atoms with Gasteiger partial charge in [-0.3, -0.25) is 9.88 Å². The minimum Gasteiger partial charge on any atom is -0.369 e. The number of hydrogen-bond acceptors (Lipinski definition) is 4. The zero-order chi connectivity index (χ0) is 19.0. The molecule has 1 saturated heterocycles. The van der Waals surface area contributed by atoms with Crippen LogP contribution in [0.2, 0.25) is 0 Å². The average Bonchev–Trinajstić information content (AvgIpc) is 2.77. The Bertz CT molecular complexity index is 843. The molecule has 3 aromatic rings. The fourth-order valence-corrected chi connectivity index (χ4v) is 3.76. The van der Waals surface area contributed by atoms with Gasteiger partial charge in [0.25, 0.3) is 0 Å². The standard InChI is InChI=1S/C24H28N4/c1-2-11-24(12-3-1)28-16-14-27(15-17-28)20-22-9-5-4-8-21(22)18-25-19-23-10-6-7-13-26-23/h1-13,25H,14-20H2. The summed E-state index contributed by atoms with van der Waals surface area (Å²) in [6.07, 6.45) is 1.85. The van der Waals surface area contributed by atoms with Gasteiger partial charge >= 0.3 is 0 Å². The van der Waals surface area contributed by atoms with Crippen molar-refractivity contribution in [1.82, 2.24) is 15.2 Å². The molecule has 1 N–H and O–H groups in total. The lowest BCUT2D eigenvalue weighted by molar-refractivity contribution is 0.249. The molecule has 0 saturated carbocycles. The Balaban J connectivity index is 1.30. The van der Waals surface area contributed by atoms with Gasteiger partial charge in [0, 0.05) is 57.7 Å². The lowest BCUT2D eigenvalue weighted by Gasteiger charge is -2.36. The first kappa shape index (κ1) is 18.7. The summed E-state index contributed by atoms with van der Waals surface area (Å²) in [5.74, 6) is 0. The average molecular weight is 373 g/mol. The van der Waals surface area contributed by atoms with Gasteiger partial charge in [-0.05, 0) is 35.4 Å². The van der Waals surface area contributed by atoms with Crippen molar-refractivity contribution >= 4 is 5.69 Å². The molecule has 1 aromatic heterocycles. The topological polar surface area (TPSA) is 31.4 Å². The van der Waals surface area contributed by atoms with E-state index in [1.165, 1.54) is 16.8 Å². The molecular formula is C24H28N4. The molecule has 1 fully saturated rings. The predicted molar refractivity (Wildman–Crippen MR) is 115 cm³/mol. The van der Waals surface area contributed by atoms with E-state index in [2.05, 4.69) is 80.8 Å². The molecule has 0 radical (unpaired) electrons. The third-order valence-corrected chi connectivity index (χ3v) is 5.35. The van der Waals surface area contributed by atoms with Crippen LogP contribution in [0.1, 0.15) is 16.8 Å². The maximum atomic E-state index is 4.38. The van der Waals surface area contributed by atoms with Gasteiger partial charge in [-0.25, -0.2) is 0 Å². The molecule has 0 aliphatic carbocycles. The summed E-state index contributed by atoms with van der Waals surface area (Å²) in [5.41, 5.74) is 5.21. The van der Waals surface area contributed by atoms with Crippen molar-refractivity contribution in [2.75, 3.05) is 31.1 Å². The summed E-state index contributed by atoms with van der Waals surface area (Å²) in [7, 11) is 0. The number of piperazine rings is 1. The number of pyridine rings is 1. The Morgan fingerprint density at radius 2 is 1.43 bits per heavy atom. The lowest BCUT2D eigenvalue weighted by atomic mass is 10.1. The fraction of sp³-hybridized carbons (Fsp3) is 0.292. The molecule has 28 heavy (non-hydrogen) atoms. The molecule has 4 nitrogen and oxygen atoms in total. The van der Waals surface area contributed by atoms with Crippen LogP contribution in [0.3, 0.4) is 0 Å². The highest BCUT2D eigenvalue weighted by atomic mass is 15.3. The highest BCUT2D eigenvalue weighted by molar-refractivity contribution is 5.46. The van der Waals surface area contributed by atoms with Crippen molar-refractivity contribution in [1.29, 1.82) is 0 Å². The molecule has 0 unspecified atom stereocenters. The summed E-state index contributed by atoms with van der Waals surface area (Å²) in [6.45, 7) is 7.06. The van der Waals surface area contributed by atoms with Crippen molar-refractivity contribution in [3.05, 3.63) is 95.8 Å². The number of rotatable bonds is 7. The summed E-state index contributed by atoms with van der Waals surface area (Å²) >= 11 is 0. The Morgan fingerprint density at radius 3 is 2.18 bits per heavy atom. The van der Waals surface area contributed by atoms with Gasteiger partial charge in [0.15, 0.2) is 0 Å². The normalized spacial score (nSPS) is 14.9. The molecular weight excluding hydrogens is 344 g/mol. The maximum absolute atomic E-state index is 4.38. The van der Waals surface area contributed by atoms with Gasteiger partial charge in [0.2, 0.25) is 0 Å². The fourth-order valence-electron chi connectivity index (χ4n) is 3.76. The largest absolute Gasteiger partial charge is 0.369 e. The third-order valence-electron chi connectivity index (χ3n) is 5.35. The van der Waals surface area contributed by atoms with Crippen LogP contribution in [-0.2, 0) is 19.6 Å². The minimum absolute atomic E-state index is 0.797. The van der Waals surface area contributed by atoms with E-state index in [9.17, 15) is 0 Å². The van der Waals surface area contributed by atoms with Gasteiger partial charge in [0.05, 0.1) is 5.69 Å². The van der Waals surface area contributed by atoms with E-state index in [1.807, 2.05) is 18.3 Å². The Hall–Kier alpha value is -2.69. The van der Waals surface area contributed by atoms with Crippen LogP contribution in [0.25, 0.3) is 0 Å². The quantitative estimate of drug-likeness (QED) is 0.685. The van der Waals surface area contributed by atoms with E-state index < -0.39 is 0 Å². The molecule has 2 aromatic carbocycles. The zero-order valence-electron chi connectivity index (χ0n) is 16.3. The van der Waals surface area contributed by atoms with E-state index in [1.54, 1.807) is 0 Å². The number of benzene rings is 2. The number of anilines is 1. The number of nitrogens with one attached hydrogen (secondary N) is 1. The van der Waals surface area contributed by atoms with Gasteiger partial charge in [-0.15, -0.1) is 0 Å². The second kappa shape index (κ2) is 9.49. The molecule has 4 heteroatoms. The first-order chi connectivity index (χ1) is 13.9. The van der Waals surface area contributed by atoms with Crippen molar-refractivity contribution < 1.29 is 0 Å². The van der Waals surface area contributed by atoms with E-state index in [0.29, 0.717) is 0 Å². The van der Waals surface area contributed by atoms with Gasteiger partial charge in [0.1, 0.15) is 0 Å². The van der Waals surface area contributed by atoms with Crippen LogP contribution < -0.4 is 10.2 Å². The molecule has 4 rings (SSSR count). The first-order valence-electron chi connectivity index (χ1n) is 10.1. The molecule has 1 aliphatic rings. The van der Waals surface area contributed by atoms with Crippen molar-refractivity contribution in [2.45, 2.75) is 19.6 Å². The van der Waals surface area contributed by atoms with Crippen LogP contribution in [0, 0.1) is 0 Å².